The maximum absolute atomic E-state index is 6.41. The zero-order valence-corrected chi connectivity index (χ0v) is 13.4. The first-order valence-corrected chi connectivity index (χ1v) is 12.7. The first-order chi connectivity index (χ1) is 6.62. The summed E-state index contributed by atoms with van der Waals surface area (Å²) in [7, 11) is -0.376. The van der Waals surface area contributed by atoms with Gasteiger partial charge < -0.3 is 8.60 Å². The fraction of sp³-hybridized carbons (Fsp3) is 1.00. The van der Waals surface area contributed by atoms with Crippen LogP contribution >= 0.6 is 0 Å². The Morgan fingerprint density at radius 3 is 1.87 bits per heavy atom. The van der Waals surface area contributed by atoms with Crippen molar-refractivity contribution in [1.82, 2.24) is 0 Å². The molecule has 0 saturated carbocycles. The average Bonchev–Trinajstić information content (AvgIpc) is 2.27. The topological polar surface area (TPSA) is 9.23 Å². The largest absolute Gasteiger partial charge is 0.452 e. The van der Waals surface area contributed by atoms with Gasteiger partial charge in [-0.2, -0.15) is 0 Å². The molecule has 4 heteroatoms. The van der Waals surface area contributed by atoms with Crippen molar-refractivity contribution >= 4 is 16.6 Å². The summed E-state index contributed by atoms with van der Waals surface area (Å²) in [5, 5.41) is 0. The van der Waals surface area contributed by atoms with Crippen LogP contribution < -0.4 is 0 Å². The third kappa shape index (κ3) is 4.80. The van der Waals surface area contributed by atoms with E-state index in [9.17, 15) is 0 Å². The van der Waals surface area contributed by atoms with Gasteiger partial charge in [-0.05, 0) is 32.7 Å². The zero-order chi connectivity index (χ0) is 11.7. The molecule has 1 aliphatic heterocycles. The number of hydrogen-bond acceptors (Lipinski definition) is 1. The van der Waals surface area contributed by atoms with E-state index in [4.69, 9.17) is 4.12 Å². The first kappa shape index (κ1) is 13.4. The Morgan fingerprint density at radius 2 is 1.47 bits per heavy atom. The van der Waals surface area contributed by atoms with E-state index in [0.717, 1.165) is 0 Å². The summed E-state index contributed by atoms with van der Waals surface area (Å²) in [6.07, 6.45) is 4.12. The molecule has 1 heterocycles. The van der Waals surface area contributed by atoms with Gasteiger partial charge in [-0.15, -0.1) is 0 Å². The van der Waals surface area contributed by atoms with Crippen molar-refractivity contribution in [1.29, 1.82) is 0 Å². The summed E-state index contributed by atoms with van der Waals surface area (Å²) in [4.78, 5) is 0. The van der Waals surface area contributed by atoms with Gasteiger partial charge in [-0.3, -0.25) is 0 Å². The monoisotopic (exact) mass is 246 g/mol. The number of quaternary nitrogens is 1. The van der Waals surface area contributed by atoms with Crippen LogP contribution in [0, 0.1) is 0 Å². The van der Waals surface area contributed by atoms with Gasteiger partial charge in [-0.1, -0.05) is 0 Å². The van der Waals surface area contributed by atoms with E-state index in [1.807, 2.05) is 0 Å². The minimum Gasteiger partial charge on any atom is -0.452 e. The predicted molar refractivity (Wildman–Crippen MR) is 71.9 cm³/mol. The minimum atomic E-state index is -1.44. The maximum Gasteiger partial charge on any atom is 0.234 e. The Labute approximate surface area is 97.5 Å². The standard InChI is InChI=1S/C11H28NOSi2/c1-12(9-7-8-10-12)11-15(5,6)13-14(2,3)4/h7-11H2,1-6H3/q+1. The molecule has 0 aromatic carbocycles. The lowest BCUT2D eigenvalue weighted by Crippen LogP contribution is -2.57. The van der Waals surface area contributed by atoms with Crippen molar-refractivity contribution in [3.63, 3.8) is 0 Å². The third-order valence-corrected chi connectivity index (χ3v) is 9.18. The lowest BCUT2D eigenvalue weighted by Gasteiger charge is -2.39. The number of likely N-dealkylation sites (tertiary alicyclic amines) is 1. The third-order valence-electron chi connectivity index (χ3n) is 2.99. The Balaban J connectivity index is 2.55. The van der Waals surface area contributed by atoms with Gasteiger partial charge in [0.2, 0.25) is 8.32 Å². The second-order valence-electron chi connectivity index (χ2n) is 6.91. The van der Waals surface area contributed by atoms with Gasteiger partial charge >= 0.3 is 0 Å². The average molecular weight is 247 g/mol. The fourth-order valence-corrected chi connectivity index (χ4v) is 12.1. The van der Waals surface area contributed by atoms with Crippen molar-refractivity contribution in [2.45, 2.75) is 45.6 Å². The zero-order valence-electron chi connectivity index (χ0n) is 11.4. The van der Waals surface area contributed by atoms with Crippen LogP contribution in [0.4, 0.5) is 0 Å². The quantitative estimate of drug-likeness (QED) is 0.547. The summed E-state index contributed by atoms with van der Waals surface area (Å²) >= 11 is 0. The van der Waals surface area contributed by atoms with Crippen LogP contribution in [0.1, 0.15) is 12.8 Å². The molecule has 1 aliphatic rings. The molecule has 0 bridgehead atoms. The van der Waals surface area contributed by atoms with Crippen LogP contribution in [0.25, 0.3) is 0 Å². The van der Waals surface area contributed by atoms with E-state index in [0.29, 0.717) is 0 Å². The molecule has 1 rings (SSSR count). The molecule has 0 amide bonds. The number of nitrogens with zero attached hydrogens (tertiary/aromatic N) is 1. The normalized spacial score (nSPS) is 22.0. The molecular weight excluding hydrogens is 218 g/mol. The van der Waals surface area contributed by atoms with Crippen molar-refractivity contribution in [2.24, 2.45) is 0 Å². The molecule has 1 saturated heterocycles. The molecule has 0 atom stereocenters. The van der Waals surface area contributed by atoms with Gasteiger partial charge in [0.15, 0.2) is 8.32 Å². The van der Waals surface area contributed by atoms with E-state index in [1.165, 1.54) is 36.6 Å². The molecule has 1 fully saturated rings. The molecule has 15 heavy (non-hydrogen) atoms. The van der Waals surface area contributed by atoms with Crippen LogP contribution in [0.5, 0.6) is 0 Å². The molecule has 0 aromatic rings. The molecule has 0 aliphatic carbocycles. The lowest BCUT2D eigenvalue weighted by molar-refractivity contribution is -0.888. The second-order valence-corrected chi connectivity index (χ2v) is 15.8. The summed E-state index contributed by atoms with van der Waals surface area (Å²) < 4.78 is 7.68. The van der Waals surface area contributed by atoms with Gasteiger partial charge in [0.05, 0.1) is 26.3 Å². The molecule has 0 spiro atoms. The Kier molecular flexibility index (Phi) is 3.86. The highest BCUT2D eigenvalue weighted by atomic mass is 28.4. The summed E-state index contributed by atoms with van der Waals surface area (Å²) in [5.41, 5.74) is 0. The SMILES string of the molecule is C[N+]1(C[Si](C)(C)O[Si](C)(C)C)CCCC1. The highest BCUT2D eigenvalue weighted by Crippen LogP contribution is 2.22. The van der Waals surface area contributed by atoms with Crippen LogP contribution in [0.3, 0.4) is 0 Å². The van der Waals surface area contributed by atoms with Crippen molar-refractivity contribution < 1.29 is 8.60 Å². The Bertz CT molecular complexity index is 217. The smallest absolute Gasteiger partial charge is 0.234 e. The Hall–Kier alpha value is 0.354. The molecular formula is C11H28NOSi2+. The minimum absolute atomic E-state index is 1.27. The van der Waals surface area contributed by atoms with Gasteiger partial charge in [0.1, 0.15) is 0 Å². The first-order valence-electron chi connectivity index (χ1n) is 6.16. The van der Waals surface area contributed by atoms with E-state index in [2.05, 4.69) is 39.8 Å². The molecule has 0 aromatic heterocycles. The van der Waals surface area contributed by atoms with E-state index >= 15 is 0 Å². The van der Waals surface area contributed by atoms with Crippen molar-refractivity contribution in [3.8, 4) is 0 Å². The summed E-state index contributed by atoms with van der Waals surface area (Å²) in [6.45, 7) is 14.5. The summed E-state index contributed by atoms with van der Waals surface area (Å²) in [6, 6.07) is 0. The van der Waals surface area contributed by atoms with Crippen molar-refractivity contribution in [2.75, 3.05) is 26.3 Å². The Morgan fingerprint density at radius 1 is 1.00 bits per heavy atom. The molecule has 0 N–H and O–H groups in total. The number of hydrogen-bond donors (Lipinski definition) is 0. The van der Waals surface area contributed by atoms with E-state index in [1.54, 1.807) is 0 Å². The van der Waals surface area contributed by atoms with E-state index in [-0.39, 0.29) is 0 Å². The molecule has 2 nitrogen and oxygen atoms in total. The van der Waals surface area contributed by atoms with Crippen LogP contribution in [-0.4, -0.2) is 47.4 Å². The van der Waals surface area contributed by atoms with Crippen molar-refractivity contribution in [3.05, 3.63) is 0 Å². The lowest BCUT2D eigenvalue weighted by atomic mass is 10.4. The van der Waals surface area contributed by atoms with Crippen LogP contribution in [0.2, 0.25) is 32.7 Å². The molecule has 0 unspecified atom stereocenters. The predicted octanol–water partition coefficient (Wildman–Crippen LogP) is 2.82. The van der Waals surface area contributed by atoms with Gasteiger partial charge in [0.25, 0.3) is 0 Å². The number of rotatable bonds is 4. The van der Waals surface area contributed by atoms with E-state index < -0.39 is 16.6 Å². The highest BCUT2D eigenvalue weighted by Gasteiger charge is 2.39. The molecule has 0 radical (unpaired) electrons. The maximum atomic E-state index is 6.41. The van der Waals surface area contributed by atoms with Crippen LogP contribution in [-0.2, 0) is 4.12 Å². The second kappa shape index (κ2) is 4.32. The van der Waals surface area contributed by atoms with Gasteiger partial charge in [-0.25, -0.2) is 0 Å². The summed E-state index contributed by atoms with van der Waals surface area (Å²) in [5.74, 6) is 0. The highest BCUT2D eigenvalue weighted by molar-refractivity contribution is 6.84. The van der Waals surface area contributed by atoms with Gasteiger partial charge in [0, 0.05) is 12.8 Å². The van der Waals surface area contributed by atoms with Crippen LogP contribution in [0.15, 0.2) is 0 Å². The fourth-order valence-electron chi connectivity index (χ4n) is 3.04. The molecule has 90 valence electrons.